The molecule has 0 aliphatic rings. The van der Waals surface area contributed by atoms with E-state index in [-0.39, 0.29) is 11.7 Å². The molecule has 9 nitrogen and oxygen atoms in total. The summed E-state index contributed by atoms with van der Waals surface area (Å²) in [5.41, 5.74) is 3.15. The lowest BCUT2D eigenvalue weighted by Crippen LogP contribution is -2.16. The second kappa shape index (κ2) is 8.21. The van der Waals surface area contributed by atoms with Crippen LogP contribution < -0.4 is 10.1 Å². The number of para-hydroxylation sites is 2. The maximum Gasteiger partial charge on any atom is 0.234 e. The van der Waals surface area contributed by atoms with E-state index in [9.17, 15) is 4.79 Å². The third-order valence-corrected chi connectivity index (χ3v) is 4.86. The Labute approximate surface area is 161 Å². The molecular formula is C17H21N7O2S. The number of aryl methyl sites for hydroxylation is 2. The summed E-state index contributed by atoms with van der Waals surface area (Å²) in [6, 6.07) is 7.50. The average molecular weight is 387 g/mol. The zero-order chi connectivity index (χ0) is 19.4. The van der Waals surface area contributed by atoms with E-state index < -0.39 is 0 Å². The van der Waals surface area contributed by atoms with Gasteiger partial charge in [0, 0.05) is 7.05 Å². The first-order valence-corrected chi connectivity index (χ1v) is 9.43. The van der Waals surface area contributed by atoms with Gasteiger partial charge in [0.05, 0.1) is 29.4 Å². The Morgan fingerprint density at radius 1 is 1.30 bits per heavy atom. The van der Waals surface area contributed by atoms with Gasteiger partial charge in [-0.15, -0.1) is 5.10 Å². The number of carbonyl (C=O) groups is 1. The highest BCUT2D eigenvalue weighted by molar-refractivity contribution is 7.99. The molecule has 0 fully saturated rings. The molecule has 1 N–H and O–H groups in total. The third-order valence-electron chi connectivity index (χ3n) is 3.94. The normalized spacial score (nSPS) is 10.8. The lowest BCUT2D eigenvalue weighted by atomic mass is 10.3. The van der Waals surface area contributed by atoms with Crippen LogP contribution in [0.2, 0.25) is 0 Å². The van der Waals surface area contributed by atoms with Crippen LogP contribution in [0.4, 0.5) is 5.69 Å². The molecule has 27 heavy (non-hydrogen) atoms. The van der Waals surface area contributed by atoms with E-state index in [1.165, 1.54) is 11.8 Å². The van der Waals surface area contributed by atoms with Gasteiger partial charge in [-0.05, 0) is 43.3 Å². The number of benzene rings is 1. The van der Waals surface area contributed by atoms with Crippen molar-refractivity contribution in [3.05, 3.63) is 35.7 Å². The molecule has 0 aliphatic heterocycles. The highest BCUT2D eigenvalue weighted by Crippen LogP contribution is 2.26. The number of rotatable bonds is 7. The Bertz CT molecular complexity index is 951. The van der Waals surface area contributed by atoms with Gasteiger partial charge >= 0.3 is 0 Å². The molecule has 2 aromatic heterocycles. The summed E-state index contributed by atoms with van der Waals surface area (Å²) in [6.45, 7) is 6.22. The van der Waals surface area contributed by atoms with Crippen molar-refractivity contribution in [2.24, 2.45) is 7.05 Å². The standard InChI is InChI=1S/C17H21N7O2S/c1-5-26-14-9-7-6-8-13(14)24-17(19-21-22-24)27-10-15(25)18-16-11(2)20-23(4)12(16)3/h6-9H,5,10H2,1-4H3,(H,18,25). The highest BCUT2D eigenvalue weighted by Gasteiger charge is 2.16. The number of hydrogen-bond donors (Lipinski definition) is 1. The Morgan fingerprint density at radius 3 is 2.78 bits per heavy atom. The number of nitrogens with zero attached hydrogens (tertiary/aromatic N) is 6. The van der Waals surface area contributed by atoms with Gasteiger partial charge in [-0.2, -0.15) is 9.78 Å². The van der Waals surface area contributed by atoms with Crippen molar-refractivity contribution >= 4 is 23.4 Å². The first-order valence-electron chi connectivity index (χ1n) is 8.44. The van der Waals surface area contributed by atoms with Crippen molar-refractivity contribution in [3.63, 3.8) is 0 Å². The first kappa shape index (κ1) is 18.9. The molecule has 10 heteroatoms. The van der Waals surface area contributed by atoms with Gasteiger partial charge in [-0.25, -0.2) is 0 Å². The van der Waals surface area contributed by atoms with Crippen molar-refractivity contribution in [2.75, 3.05) is 17.7 Å². The maximum absolute atomic E-state index is 12.4. The van der Waals surface area contributed by atoms with Gasteiger partial charge in [0.15, 0.2) is 0 Å². The van der Waals surface area contributed by atoms with Crippen LogP contribution in [-0.2, 0) is 11.8 Å². The minimum absolute atomic E-state index is 0.146. The molecule has 0 radical (unpaired) electrons. The molecule has 3 aromatic rings. The number of thioether (sulfide) groups is 1. The predicted octanol–water partition coefficient (Wildman–Crippen LogP) is 2.14. The highest BCUT2D eigenvalue weighted by atomic mass is 32.2. The molecule has 1 amide bonds. The molecule has 0 aliphatic carbocycles. The van der Waals surface area contributed by atoms with E-state index in [4.69, 9.17) is 4.74 Å². The van der Waals surface area contributed by atoms with E-state index in [0.29, 0.717) is 17.5 Å². The number of anilines is 1. The van der Waals surface area contributed by atoms with Crippen molar-refractivity contribution < 1.29 is 9.53 Å². The number of tetrazole rings is 1. The van der Waals surface area contributed by atoms with Crippen LogP contribution in [-0.4, -0.2) is 48.3 Å². The van der Waals surface area contributed by atoms with E-state index in [0.717, 1.165) is 22.8 Å². The van der Waals surface area contributed by atoms with Crippen LogP contribution in [0.3, 0.4) is 0 Å². The fourth-order valence-corrected chi connectivity index (χ4v) is 3.27. The summed E-state index contributed by atoms with van der Waals surface area (Å²) >= 11 is 1.25. The summed E-state index contributed by atoms with van der Waals surface area (Å²) < 4.78 is 8.95. The molecule has 0 bridgehead atoms. The van der Waals surface area contributed by atoms with Crippen molar-refractivity contribution in [1.29, 1.82) is 0 Å². The van der Waals surface area contributed by atoms with Gasteiger partial charge in [0.2, 0.25) is 11.1 Å². The summed E-state index contributed by atoms with van der Waals surface area (Å²) in [7, 11) is 1.84. The fraction of sp³-hybridized carbons (Fsp3) is 0.353. The smallest absolute Gasteiger partial charge is 0.234 e. The average Bonchev–Trinajstić information content (AvgIpc) is 3.21. The van der Waals surface area contributed by atoms with Crippen LogP contribution in [0, 0.1) is 13.8 Å². The van der Waals surface area contributed by atoms with Crippen LogP contribution in [0.25, 0.3) is 5.69 Å². The summed E-state index contributed by atoms with van der Waals surface area (Å²) in [5, 5.41) is 19.5. The van der Waals surface area contributed by atoms with E-state index in [1.807, 2.05) is 52.1 Å². The second-order valence-corrected chi connectivity index (χ2v) is 6.72. The Morgan fingerprint density at radius 2 is 2.07 bits per heavy atom. The van der Waals surface area contributed by atoms with Gasteiger partial charge in [-0.1, -0.05) is 23.9 Å². The predicted molar refractivity (Wildman–Crippen MR) is 102 cm³/mol. The summed E-state index contributed by atoms with van der Waals surface area (Å²) in [6.07, 6.45) is 0. The lowest BCUT2D eigenvalue weighted by molar-refractivity contribution is -0.113. The number of amides is 1. The molecule has 0 saturated heterocycles. The van der Waals surface area contributed by atoms with Gasteiger partial charge < -0.3 is 10.1 Å². The number of nitrogens with one attached hydrogen (secondary N) is 1. The molecule has 142 valence electrons. The molecule has 0 atom stereocenters. The van der Waals surface area contributed by atoms with Crippen molar-refractivity contribution in [2.45, 2.75) is 25.9 Å². The zero-order valence-electron chi connectivity index (χ0n) is 15.6. The monoisotopic (exact) mass is 387 g/mol. The van der Waals surface area contributed by atoms with Crippen molar-refractivity contribution in [3.8, 4) is 11.4 Å². The topological polar surface area (TPSA) is 99.8 Å². The number of aromatic nitrogens is 6. The molecule has 0 unspecified atom stereocenters. The molecule has 2 heterocycles. The van der Waals surface area contributed by atoms with Crippen LogP contribution in [0.15, 0.2) is 29.4 Å². The quantitative estimate of drug-likeness (QED) is 0.620. The first-order chi connectivity index (χ1) is 13.0. The lowest BCUT2D eigenvalue weighted by Gasteiger charge is -2.10. The maximum atomic E-state index is 12.4. The number of carbonyl (C=O) groups excluding carboxylic acids is 1. The minimum atomic E-state index is -0.146. The van der Waals surface area contributed by atoms with Gasteiger partial charge in [0.1, 0.15) is 11.4 Å². The fourth-order valence-electron chi connectivity index (χ4n) is 2.59. The summed E-state index contributed by atoms with van der Waals surface area (Å²) in [5.74, 6) is 0.706. The van der Waals surface area contributed by atoms with Gasteiger partial charge in [-0.3, -0.25) is 9.48 Å². The second-order valence-electron chi connectivity index (χ2n) is 5.78. The van der Waals surface area contributed by atoms with E-state index in [2.05, 4.69) is 25.9 Å². The van der Waals surface area contributed by atoms with Crippen molar-refractivity contribution in [1.82, 2.24) is 30.0 Å². The minimum Gasteiger partial charge on any atom is -0.492 e. The van der Waals surface area contributed by atoms with Crippen LogP contribution in [0.1, 0.15) is 18.3 Å². The van der Waals surface area contributed by atoms with E-state index in [1.54, 1.807) is 9.36 Å². The molecule has 3 rings (SSSR count). The Kier molecular flexibility index (Phi) is 5.75. The molecule has 1 aromatic carbocycles. The van der Waals surface area contributed by atoms with Gasteiger partial charge in [0.25, 0.3) is 0 Å². The Balaban J connectivity index is 1.71. The molecule has 0 spiro atoms. The van der Waals surface area contributed by atoms with E-state index >= 15 is 0 Å². The zero-order valence-corrected chi connectivity index (χ0v) is 16.4. The Hall–Kier alpha value is -2.88. The SMILES string of the molecule is CCOc1ccccc1-n1nnnc1SCC(=O)Nc1c(C)nn(C)c1C. The third kappa shape index (κ3) is 4.11. The largest absolute Gasteiger partial charge is 0.492 e. The summed E-state index contributed by atoms with van der Waals surface area (Å²) in [4.78, 5) is 12.4. The number of ether oxygens (including phenoxy) is 1. The molecular weight excluding hydrogens is 366 g/mol. The van der Waals surface area contributed by atoms with Crippen LogP contribution in [0.5, 0.6) is 5.75 Å². The van der Waals surface area contributed by atoms with Crippen LogP contribution >= 0.6 is 11.8 Å². The number of hydrogen-bond acceptors (Lipinski definition) is 7. The molecule has 0 saturated carbocycles.